The summed E-state index contributed by atoms with van der Waals surface area (Å²) in [7, 11) is 3.73. The molecule has 6 nitrogen and oxygen atoms in total. The number of carbonyl (C=O) groups is 1. The smallest absolute Gasteiger partial charge is 0.387 e. The summed E-state index contributed by atoms with van der Waals surface area (Å²) in [5.74, 6) is 0.0195. The number of likely N-dealkylation sites (N-methyl/N-ethyl adjacent to an activating group) is 1. The number of rotatable bonds is 7. The van der Waals surface area contributed by atoms with Crippen molar-refractivity contribution in [1.82, 2.24) is 9.78 Å². The predicted molar refractivity (Wildman–Crippen MR) is 89.8 cm³/mol. The highest BCUT2D eigenvalue weighted by Gasteiger charge is 2.16. The summed E-state index contributed by atoms with van der Waals surface area (Å²) in [5, 5.41) is 7.17. The first-order valence-electron chi connectivity index (χ1n) is 7.91. The van der Waals surface area contributed by atoms with E-state index in [2.05, 4.69) is 15.2 Å². The van der Waals surface area contributed by atoms with Gasteiger partial charge in [0.25, 0.3) is 5.91 Å². The number of alkyl halides is 2. The Bertz CT molecular complexity index is 729. The SMILES string of the molecule is Cc1nn(C)c(C)c1NC(=O)C[NH+](C)Cc1ccc(OC(F)F)cc1. The number of aryl methyl sites for hydroxylation is 2. The zero-order valence-corrected chi connectivity index (χ0v) is 14.8. The van der Waals surface area contributed by atoms with E-state index in [1.807, 2.05) is 27.9 Å². The van der Waals surface area contributed by atoms with Gasteiger partial charge in [0.1, 0.15) is 12.3 Å². The average molecular weight is 353 g/mol. The topological polar surface area (TPSA) is 60.6 Å². The number of anilines is 1. The van der Waals surface area contributed by atoms with Crippen LogP contribution >= 0.6 is 0 Å². The van der Waals surface area contributed by atoms with Crippen molar-refractivity contribution >= 4 is 11.6 Å². The normalized spacial score (nSPS) is 12.3. The van der Waals surface area contributed by atoms with Crippen molar-refractivity contribution in [2.45, 2.75) is 27.0 Å². The molecule has 1 amide bonds. The quantitative estimate of drug-likeness (QED) is 0.789. The molecule has 1 atom stereocenters. The van der Waals surface area contributed by atoms with Crippen molar-refractivity contribution in [1.29, 1.82) is 0 Å². The van der Waals surface area contributed by atoms with Gasteiger partial charge in [-0.05, 0) is 38.1 Å². The monoisotopic (exact) mass is 353 g/mol. The van der Waals surface area contributed by atoms with Crippen LogP contribution in [0.1, 0.15) is 17.0 Å². The minimum atomic E-state index is -2.83. The second-order valence-corrected chi connectivity index (χ2v) is 6.05. The van der Waals surface area contributed by atoms with Gasteiger partial charge in [0.05, 0.1) is 24.1 Å². The van der Waals surface area contributed by atoms with Crippen molar-refractivity contribution in [2.75, 3.05) is 18.9 Å². The molecule has 0 saturated heterocycles. The van der Waals surface area contributed by atoms with Gasteiger partial charge >= 0.3 is 6.61 Å². The molecular weight excluding hydrogens is 330 g/mol. The second kappa shape index (κ2) is 8.06. The molecule has 0 spiro atoms. The Kier molecular flexibility index (Phi) is 6.08. The van der Waals surface area contributed by atoms with Crippen molar-refractivity contribution in [3.05, 3.63) is 41.2 Å². The first kappa shape index (κ1) is 18.9. The molecule has 2 aromatic rings. The maximum absolute atomic E-state index is 12.2. The van der Waals surface area contributed by atoms with Crippen LogP contribution in [0.5, 0.6) is 5.75 Å². The summed E-state index contributed by atoms with van der Waals surface area (Å²) in [5.41, 5.74) is 3.35. The number of ether oxygens (including phenoxy) is 1. The van der Waals surface area contributed by atoms with Crippen LogP contribution in [0.3, 0.4) is 0 Å². The standard InChI is InChI=1S/C17H22F2N4O2/c1-11-16(12(2)23(4)21-11)20-15(24)10-22(3)9-13-5-7-14(8-6-13)25-17(18)19/h5-8,17H,9-10H2,1-4H3,(H,20,24)/p+1. The van der Waals surface area contributed by atoms with E-state index in [1.54, 1.807) is 16.8 Å². The molecular formula is C17H23F2N4O2+. The van der Waals surface area contributed by atoms with Crippen LogP contribution < -0.4 is 15.0 Å². The van der Waals surface area contributed by atoms with Crippen LogP contribution in [0.4, 0.5) is 14.5 Å². The molecule has 0 saturated carbocycles. The molecule has 0 fully saturated rings. The van der Waals surface area contributed by atoms with Crippen molar-refractivity contribution in [3.63, 3.8) is 0 Å². The average Bonchev–Trinajstić information content (AvgIpc) is 2.75. The first-order valence-corrected chi connectivity index (χ1v) is 7.91. The number of nitrogens with zero attached hydrogens (tertiary/aromatic N) is 2. The van der Waals surface area contributed by atoms with Crippen LogP contribution in [0.15, 0.2) is 24.3 Å². The number of hydrogen-bond donors (Lipinski definition) is 2. The van der Waals surface area contributed by atoms with E-state index in [4.69, 9.17) is 0 Å². The predicted octanol–water partition coefficient (Wildman–Crippen LogP) is 1.29. The van der Waals surface area contributed by atoms with Gasteiger partial charge in [0, 0.05) is 12.6 Å². The Balaban J connectivity index is 1.89. The van der Waals surface area contributed by atoms with Gasteiger partial charge in [-0.1, -0.05) is 0 Å². The fourth-order valence-electron chi connectivity index (χ4n) is 2.61. The van der Waals surface area contributed by atoms with E-state index in [0.717, 1.165) is 27.5 Å². The highest BCUT2D eigenvalue weighted by Crippen LogP contribution is 2.18. The highest BCUT2D eigenvalue weighted by molar-refractivity contribution is 5.92. The Morgan fingerprint density at radius 1 is 1.32 bits per heavy atom. The Labute approximate surface area is 145 Å². The first-order chi connectivity index (χ1) is 11.8. The largest absolute Gasteiger partial charge is 0.435 e. The summed E-state index contributed by atoms with van der Waals surface area (Å²) in [4.78, 5) is 13.2. The molecule has 2 rings (SSSR count). The van der Waals surface area contributed by atoms with Crippen LogP contribution in [0, 0.1) is 13.8 Å². The van der Waals surface area contributed by atoms with Gasteiger partial charge in [-0.2, -0.15) is 13.9 Å². The zero-order valence-electron chi connectivity index (χ0n) is 14.8. The number of carbonyl (C=O) groups excluding carboxylic acids is 1. The number of quaternary nitrogens is 1. The summed E-state index contributed by atoms with van der Waals surface area (Å²) in [6, 6.07) is 6.43. The van der Waals surface area contributed by atoms with Gasteiger partial charge in [-0.25, -0.2) is 0 Å². The lowest BCUT2D eigenvalue weighted by Gasteiger charge is -2.14. The molecule has 0 aliphatic rings. The van der Waals surface area contributed by atoms with E-state index in [1.165, 1.54) is 12.1 Å². The Morgan fingerprint density at radius 3 is 2.48 bits per heavy atom. The van der Waals surface area contributed by atoms with E-state index >= 15 is 0 Å². The third kappa shape index (κ3) is 5.25. The minimum absolute atomic E-state index is 0.102. The van der Waals surface area contributed by atoms with E-state index in [-0.39, 0.29) is 18.2 Å². The molecule has 0 bridgehead atoms. The fraction of sp³-hybridized carbons (Fsp3) is 0.412. The summed E-state index contributed by atoms with van der Waals surface area (Å²) >= 11 is 0. The lowest BCUT2D eigenvalue weighted by atomic mass is 10.2. The van der Waals surface area contributed by atoms with Crippen LogP contribution in [-0.4, -0.2) is 35.9 Å². The summed E-state index contributed by atoms with van der Waals surface area (Å²) < 4.78 is 30.3. The Morgan fingerprint density at radius 2 is 1.96 bits per heavy atom. The molecule has 1 heterocycles. The number of benzene rings is 1. The minimum Gasteiger partial charge on any atom is -0.435 e. The molecule has 1 aromatic carbocycles. The second-order valence-electron chi connectivity index (χ2n) is 6.05. The van der Waals surface area contributed by atoms with Crippen molar-refractivity contribution in [2.24, 2.45) is 7.05 Å². The molecule has 0 aliphatic carbocycles. The van der Waals surface area contributed by atoms with Crippen LogP contribution in [0.2, 0.25) is 0 Å². The summed E-state index contributed by atoms with van der Waals surface area (Å²) in [6.45, 7) is 1.79. The molecule has 25 heavy (non-hydrogen) atoms. The van der Waals surface area contributed by atoms with Gasteiger partial charge in [0.15, 0.2) is 6.54 Å². The zero-order chi connectivity index (χ0) is 18.6. The number of hydrogen-bond acceptors (Lipinski definition) is 3. The van der Waals surface area contributed by atoms with Gasteiger partial charge in [-0.15, -0.1) is 0 Å². The molecule has 1 aromatic heterocycles. The van der Waals surface area contributed by atoms with Gasteiger partial charge in [-0.3, -0.25) is 9.48 Å². The third-order valence-corrected chi connectivity index (χ3v) is 3.89. The van der Waals surface area contributed by atoms with Crippen LogP contribution in [-0.2, 0) is 18.4 Å². The lowest BCUT2D eigenvalue weighted by molar-refractivity contribution is -0.885. The van der Waals surface area contributed by atoms with Crippen molar-refractivity contribution < 1.29 is 23.2 Å². The van der Waals surface area contributed by atoms with E-state index in [9.17, 15) is 13.6 Å². The van der Waals surface area contributed by atoms with Gasteiger partial charge < -0.3 is 15.0 Å². The molecule has 136 valence electrons. The van der Waals surface area contributed by atoms with Gasteiger partial charge in [0.2, 0.25) is 0 Å². The number of nitrogens with one attached hydrogen (secondary N) is 2. The number of aromatic nitrogens is 2. The van der Waals surface area contributed by atoms with E-state index in [0.29, 0.717) is 6.54 Å². The molecule has 0 aliphatic heterocycles. The summed E-state index contributed by atoms with van der Waals surface area (Å²) in [6.07, 6.45) is 0. The Hall–Kier alpha value is -2.48. The molecule has 2 N–H and O–H groups in total. The molecule has 1 unspecified atom stereocenters. The maximum atomic E-state index is 12.2. The molecule has 0 radical (unpaired) electrons. The van der Waals surface area contributed by atoms with Crippen molar-refractivity contribution in [3.8, 4) is 5.75 Å². The lowest BCUT2D eigenvalue weighted by Crippen LogP contribution is -3.08. The molecule has 8 heteroatoms. The fourth-order valence-corrected chi connectivity index (χ4v) is 2.61. The number of amides is 1. The third-order valence-electron chi connectivity index (χ3n) is 3.89. The van der Waals surface area contributed by atoms with Crippen LogP contribution in [0.25, 0.3) is 0 Å². The number of halogens is 2. The maximum Gasteiger partial charge on any atom is 0.387 e. The highest BCUT2D eigenvalue weighted by atomic mass is 19.3. The van der Waals surface area contributed by atoms with E-state index < -0.39 is 6.61 Å².